The summed E-state index contributed by atoms with van der Waals surface area (Å²) >= 11 is 6.93. The Morgan fingerprint density at radius 2 is 1.61 bits per heavy atom. The van der Waals surface area contributed by atoms with E-state index in [1.165, 1.54) is 0 Å². The van der Waals surface area contributed by atoms with Crippen LogP contribution in [0, 0.1) is 0 Å². The molecule has 0 aliphatic rings. The Kier molecular flexibility index (Phi) is 4.45. The van der Waals surface area contributed by atoms with E-state index in [-0.39, 0.29) is 0 Å². The summed E-state index contributed by atoms with van der Waals surface area (Å²) in [7, 11) is 0. The molecule has 0 aliphatic carbocycles. The minimum atomic E-state index is -0.409. The molecule has 2 N–H and O–H groups in total. The van der Waals surface area contributed by atoms with Gasteiger partial charge in [0, 0.05) is 12.4 Å². The van der Waals surface area contributed by atoms with E-state index in [1.807, 2.05) is 41.2 Å². The molecule has 0 bridgehead atoms. The number of thiophene rings is 1. The predicted molar refractivity (Wildman–Crippen MR) is 90.0 cm³/mol. The van der Waals surface area contributed by atoms with Gasteiger partial charge in [-0.3, -0.25) is 20.4 Å². The number of hydrazine groups is 1. The van der Waals surface area contributed by atoms with E-state index in [0.29, 0.717) is 14.8 Å². The van der Waals surface area contributed by atoms with E-state index in [0.717, 1.165) is 17.0 Å². The zero-order valence-electron chi connectivity index (χ0n) is 11.8. The molecule has 0 unspecified atom stereocenters. The molecule has 0 atom stereocenters. The number of para-hydroxylation sites is 1. The first-order chi connectivity index (χ1) is 11.1. The van der Waals surface area contributed by atoms with E-state index < -0.39 is 11.8 Å². The quantitative estimate of drug-likeness (QED) is 0.716. The normalized spacial score (nSPS) is 10.3. The van der Waals surface area contributed by atoms with Crippen molar-refractivity contribution in [1.29, 1.82) is 0 Å². The number of amides is 2. The number of halogens is 1. The van der Waals surface area contributed by atoms with Crippen LogP contribution in [0.3, 0.4) is 0 Å². The van der Waals surface area contributed by atoms with Gasteiger partial charge in [-0.05, 0) is 36.4 Å². The lowest BCUT2D eigenvalue weighted by atomic mass is 10.1. The van der Waals surface area contributed by atoms with Crippen LogP contribution in [0.25, 0.3) is 5.69 Å². The van der Waals surface area contributed by atoms with Crippen LogP contribution in [0.4, 0.5) is 0 Å². The summed E-state index contributed by atoms with van der Waals surface area (Å²) in [5.41, 5.74) is 5.99. The SMILES string of the molecule is O=C(NNC(=O)c1ccccc1-n1cccc1)c1ccc(Cl)s1. The molecule has 2 aromatic heterocycles. The van der Waals surface area contributed by atoms with E-state index in [4.69, 9.17) is 11.6 Å². The fourth-order valence-electron chi connectivity index (χ4n) is 2.06. The molecule has 116 valence electrons. The Morgan fingerprint density at radius 3 is 2.30 bits per heavy atom. The second kappa shape index (κ2) is 6.68. The molecular formula is C16H12ClN3O2S. The van der Waals surface area contributed by atoms with Gasteiger partial charge in [-0.15, -0.1) is 11.3 Å². The van der Waals surface area contributed by atoms with Crippen molar-refractivity contribution in [3.8, 4) is 5.69 Å². The number of nitrogens with one attached hydrogen (secondary N) is 2. The molecule has 1 aromatic carbocycles. The van der Waals surface area contributed by atoms with Crippen molar-refractivity contribution in [3.63, 3.8) is 0 Å². The fraction of sp³-hybridized carbons (Fsp3) is 0. The van der Waals surface area contributed by atoms with E-state index in [2.05, 4.69) is 10.9 Å². The van der Waals surface area contributed by atoms with E-state index in [9.17, 15) is 9.59 Å². The Labute approximate surface area is 141 Å². The summed E-state index contributed by atoms with van der Waals surface area (Å²) < 4.78 is 2.34. The lowest BCUT2D eigenvalue weighted by molar-refractivity contribution is 0.0849. The largest absolute Gasteiger partial charge is 0.323 e. The molecule has 0 saturated heterocycles. The van der Waals surface area contributed by atoms with Crippen molar-refractivity contribution in [3.05, 3.63) is 75.7 Å². The Balaban J connectivity index is 1.73. The molecule has 2 heterocycles. The first kappa shape index (κ1) is 15.3. The van der Waals surface area contributed by atoms with Crippen molar-refractivity contribution in [2.45, 2.75) is 0 Å². The molecule has 0 radical (unpaired) electrons. The van der Waals surface area contributed by atoms with Crippen LogP contribution >= 0.6 is 22.9 Å². The van der Waals surface area contributed by atoms with Crippen LogP contribution in [0.2, 0.25) is 4.34 Å². The van der Waals surface area contributed by atoms with Gasteiger partial charge in [0.25, 0.3) is 11.8 Å². The molecule has 0 fully saturated rings. The van der Waals surface area contributed by atoms with Crippen LogP contribution < -0.4 is 10.9 Å². The highest BCUT2D eigenvalue weighted by molar-refractivity contribution is 7.17. The van der Waals surface area contributed by atoms with Gasteiger partial charge in [-0.1, -0.05) is 23.7 Å². The first-order valence-electron chi connectivity index (χ1n) is 6.73. The number of nitrogens with zero attached hydrogens (tertiary/aromatic N) is 1. The van der Waals surface area contributed by atoms with Crippen molar-refractivity contribution < 1.29 is 9.59 Å². The Morgan fingerprint density at radius 1 is 0.913 bits per heavy atom. The summed E-state index contributed by atoms with van der Waals surface area (Å²) in [5, 5.41) is 0. The number of benzene rings is 1. The second-order valence-electron chi connectivity index (χ2n) is 4.62. The van der Waals surface area contributed by atoms with Crippen LogP contribution in [0.15, 0.2) is 60.9 Å². The van der Waals surface area contributed by atoms with Crippen molar-refractivity contribution in [1.82, 2.24) is 15.4 Å². The monoisotopic (exact) mass is 345 g/mol. The van der Waals surface area contributed by atoms with Gasteiger partial charge in [-0.2, -0.15) is 0 Å². The Hall–Kier alpha value is -2.57. The highest BCUT2D eigenvalue weighted by Gasteiger charge is 2.14. The summed E-state index contributed by atoms with van der Waals surface area (Å²) in [6, 6.07) is 14.1. The predicted octanol–water partition coefficient (Wildman–Crippen LogP) is 3.27. The number of carbonyl (C=O) groups excluding carboxylic acids is 2. The van der Waals surface area contributed by atoms with Crippen molar-refractivity contribution in [2.75, 3.05) is 0 Å². The average Bonchev–Trinajstić information content (AvgIpc) is 3.24. The van der Waals surface area contributed by atoms with E-state index >= 15 is 0 Å². The maximum absolute atomic E-state index is 12.3. The minimum absolute atomic E-state index is 0.398. The van der Waals surface area contributed by atoms with Gasteiger partial charge < -0.3 is 4.57 Å². The standard InChI is InChI=1S/C16H12ClN3O2S/c17-14-8-7-13(23-14)16(22)19-18-15(21)11-5-1-2-6-12(11)20-9-3-4-10-20/h1-10H,(H,18,21)(H,19,22). The van der Waals surface area contributed by atoms with Gasteiger partial charge in [0.2, 0.25) is 0 Å². The van der Waals surface area contributed by atoms with Crippen LogP contribution in [-0.4, -0.2) is 16.4 Å². The summed E-state index contributed by atoms with van der Waals surface area (Å²) in [4.78, 5) is 24.7. The molecule has 23 heavy (non-hydrogen) atoms. The third-order valence-corrected chi connectivity index (χ3v) is 4.35. The van der Waals surface area contributed by atoms with E-state index in [1.54, 1.807) is 24.3 Å². The number of hydrogen-bond donors (Lipinski definition) is 2. The molecule has 0 saturated carbocycles. The smallest absolute Gasteiger partial charge is 0.279 e. The lowest BCUT2D eigenvalue weighted by Crippen LogP contribution is -2.41. The van der Waals surface area contributed by atoms with Crippen LogP contribution in [-0.2, 0) is 0 Å². The van der Waals surface area contributed by atoms with Crippen molar-refractivity contribution >= 4 is 34.8 Å². The summed E-state index contributed by atoms with van der Waals surface area (Å²) in [6.45, 7) is 0. The average molecular weight is 346 g/mol. The van der Waals surface area contributed by atoms with Gasteiger partial charge in [0.05, 0.1) is 20.5 Å². The number of rotatable bonds is 3. The minimum Gasteiger partial charge on any atom is -0.323 e. The third-order valence-electron chi connectivity index (χ3n) is 3.12. The van der Waals surface area contributed by atoms with Crippen LogP contribution in [0.1, 0.15) is 20.0 Å². The zero-order valence-corrected chi connectivity index (χ0v) is 13.4. The third kappa shape index (κ3) is 3.44. The lowest BCUT2D eigenvalue weighted by Gasteiger charge is -2.11. The molecule has 0 spiro atoms. The Bertz CT molecular complexity index is 843. The molecule has 3 rings (SSSR count). The highest BCUT2D eigenvalue weighted by atomic mass is 35.5. The van der Waals surface area contributed by atoms with Crippen LogP contribution in [0.5, 0.6) is 0 Å². The van der Waals surface area contributed by atoms with Gasteiger partial charge in [0.15, 0.2) is 0 Å². The fourth-order valence-corrected chi connectivity index (χ4v) is 3.00. The molecule has 2 amide bonds. The molecule has 0 aliphatic heterocycles. The number of carbonyl (C=O) groups is 2. The summed E-state index contributed by atoms with van der Waals surface area (Å²) in [5.74, 6) is -0.806. The van der Waals surface area contributed by atoms with Crippen molar-refractivity contribution in [2.24, 2.45) is 0 Å². The zero-order chi connectivity index (χ0) is 16.2. The first-order valence-corrected chi connectivity index (χ1v) is 7.93. The van der Waals surface area contributed by atoms with Gasteiger partial charge in [-0.25, -0.2) is 0 Å². The number of hydrogen-bond acceptors (Lipinski definition) is 3. The molecule has 3 aromatic rings. The van der Waals surface area contributed by atoms with Gasteiger partial charge in [0.1, 0.15) is 0 Å². The van der Waals surface area contributed by atoms with Gasteiger partial charge >= 0.3 is 0 Å². The maximum Gasteiger partial charge on any atom is 0.279 e. The topological polar surface area (TPSA) is 63.1 Å². The molecule has 5 nitrogen and oxygen atoms in total. The molecule has 7 heteroatoms. The maximum atomic E-state index is 12.3. The highest BCUT2D eigenvalue weighted by Crippen LogP contribution is 2.21. The summed E-state index contributed by atoms with van der Waals surface area (Å²) in [6.07, 6.45) is 3.69. The molecular weight excluding hydrogens is 334 g/mol. The number of aromatic nitrogens is 1. The second-order valence-corrected chi connectivity index (χ2v) is 6.33.